The second-order valence-electron chi connectivity index (χ2n) is 9.14. The Hall–Kier alpha value is -0.810. The maximum atomic E-state index is 12.6. The zero-order valence-corrected chi connectivity index (χ0v) is 17.8. The van der Waals surface area contributed by atoms with Gasteiger partial charge in [0.25, 0.3) is 0 Å². The van der Waals surface area contributed by atoms with Gasteiger partial charge in [-0.15, -0.1) is 0 Å². The molecule has 2 amide bonds. The third-order valence-corrected chi connectivity index (χ3v) is 6.93. The zero-order chi connectivity index (χ0) is 19.2. The average molecular weight is 380 g/mol. The summed E-state index contributed by atoms with van der Waals surface area (Å²) < 4.78 is 6.01. The Bertz CT molecular complexity index is 448. The Balaban J connectivity index is 1.49. The molecule has 2 saturated carbocycles. The smallest absolute Gasteiger partial charge is 0.317 e. The highest BCUT2D eigenvalue weighted by molar-refractivity contribution is 5.74. The lowest BCUT2D eigenvalue weighted by molar-refractivity contribution is -0.0305. The summed E-state index contributed by atoms with van der Waals surface area (Å²) in [7, 11) is 1.78. The molecular formula is C22H41N3O2. The summed E-state index contributed by atoms with van der Waals surface area (Å²) >= 11 is 0. The molecule has 0 spiro atoms. The van der Waals surface area contributed by atoms with Crippen LogP contribution in [0.25, 0.3) is 0 Å². The lowest BCUT2D eigenvalue weighted by Crippen LogP contribution is -2.56. The first-order chi connectivity index (χ1) is 13.1. The van der Waals surface area contributed by atoms with Crippen LogP contribution in [-0.2, 0) is 4.74 Å². The number of carbonyl (C=O) groups is 1. The number of nitrogens with one attached hydrogen (secondary N) is 1. The fourth-order valence-corrected chi connectivity index (χ4v) is 5.58. The van der Waals surface area contributed by atoms with Crippen LogP contribution in [0.4, 0.5) is 4.79 Å². The second kappa shape index (κ2) is 10.1. The van der Waals surface area contributed by atoms with E-state index in [9.17, 15) is 4.79 Å². The third-order valence-electron chi connectivity index (χ3n) is 6.93. The van der Waals surface area contributed by atoms with E-state index >= 15 is 0 Å². The van der Waals surface area contributed by atoms with E-state index in [1.807, 2.05) is 0 Å². The van der Waals surface area contributed by atoms with Crippen LogP contribution in [0, 0.1) is 0 Å². The van der Waals surface area contributed by atoms with E-state index in [0.717, 1.165) is 32.0 Å². The molecule has 27 heavy (non-hydrogen) atoms. The van der Waals surface area contributed by atoms with E-state index < -0.39 is 0 Å². The van der Waals surface area contributed by atoms with E-state index in [0.29, 0.717) is 24.3 Å². The highest BCUT2D eigenvalue weighted by atomic mass is 16.5. The van der Waals surface area contributed by atoms with Crippen LogP contribution in [0.2, 0.25) is 0 Å². The molecule has 5 nitrogen and oxygen atoms in total. The van der Waals surface area contributed by atoms with Crippen LogP contribution >= 0.6 is 0 Å². The Morgan fingerprint density at radius 2 is 1.52 bits per heavy atom. The highest BCUT2D eigenvalue weighted by Gasteiger charge is 2.35. The molecule has 1 saturated heterocycles. The molecule has 0 aromatic carbocycles. The Morgan fingerprint density at radius 1 is 0.926 bits per heavy atom. The van der Waals surface area contributed by atoms with Crippen molar-refractivity contribution in [2.75, 3.05) is 20.1 Å². The molecular weight excluding hydrogens is 338 g/mol. The monoisotopic (exact) mass is 379 g/mol. The summed E-state index contributed by atoms with van der Waals surface area (Å²) in [5.41, 5.74) is 0. The molecule has 2 aliphatic carbocycles. The minimum Gasteiger partial charge on any atom is -0.376 e. The molecule has 0 aromatic rings. The molecule has 5 heteroatoms. The quantitative estimate of drug-likeness (QED) is 0.780. The Labute approximate surface area is 166 Å². The van der Waals surface area contributed by atoms with Gasteiger partial charge in [-0.25, -0.2) is 4.79 Å². The predicted molar refractivity (Wildman–Crippen MR) is 110 cm³/mol. The van der Waals surface area contributed by atoms with Gasteiger partial charge in [-0.3, -0.25) is 0 Å². The molecule has 1 heterocycles. The molecule has 1 aliphatic heterocycles. The summed E-state index contributed by atoms with van der Waals surface area (Å²) in [5, 5.41) is 2.91. The number of hydrogen-bond donors (Lipinski definition) is 1. The number of urea groups is 1. The van der Waals surface area contributed by atoms with Gasteiger partial charge < -0.3 is 19.9 Å². The van der Waals surface area contributed by atoms with Crippen molar-refractivity contribution >= 4 is 6.03 Å². The number of hydrogen-bond acceptors (Lipinski definition) is 3. The Kier molecular flexibility index (Phi) is 7.83. The minimum absolute atomic E-state index is 0.145. The van der Waals surface area contributed by atoms with Crippen LogP contribution in [0.5, 0.6) is 0 Å². The maximum absolute atomic E-state index is 12.6. The molecule has 0 aromatic heterocycles. The summed E-state index contributed by atoms with van der Waals surface area (Å²) in [6.07, 6.45) is 14.3. The molecule has 3 fully saturated rings. The van der Waals surface area contributed by atoms with Crippen molar-refractivity contribution in [3.63, 3.8) is 0 Å². The van der Waals surface area contributed by atoms with Crippen molar-refractivity contribution in [1.29, 1.82) is 0 Å². The molecule has 3 aliphatic rings. The van der Waals surface area contributed by atoms with Crippen LogP contribution in [0.1, 0.15) is 84.5 Å². The van der Waals surface area contributed by atoms with Crippen molar-refractivity contribution < 1.29 is 9.53 Å². The van der Waals surface area contributed by atoms with E-state index in [-0.39, 0.29) is 6.03 Å². The first-order valence-corrected chi connectivity index (χ1v) is 11.5. The summed E-state index contributed by atoms with van der Waals surface area (Å²) in [6, 6.07) is 1.75. The van der Waals surface area contributed by atoms with E-state index in [2.05, 4.69) is 29.0 Å². The van der Waals surface area contributed by atoms with E-state index in [1.165, 1.54) is 57.8 Å². The van der Waals surface area contributed by atoms with Gasteiger partial charge in [-0.05, 0) is 65.2 Å². The lowest BCUT2D eigenvalue weighted by atomic mass is 9.88. The van der Waals surface area contributed by atoms with Crippen LogP contribution < -0.4 is 5.32 Å². The van der Waals surface area contributed by atoms with Gasteiger partial charge in [-0.1, -0.05) is 19.3 Å². The van der Waals surface area contributed by atoms with Gasteiger partial charge in [-0.2, -0.15) is 0 Å². The number of carbonyl (C=O) groups excluding carboxylic acids is 1. The van der Waals surface area contributed by atoms with Crippen molar-refractivity contribution in [1.82, 2.24) is 15.1 Å². The molecule has 0 radical (unpaired) electrons. The van der Waals surface area contributed by atoms with Crippen molar-refractivity contribution in [2.24, 2.45) is 0 Å². The first-order valence-electron chi connectivity index (χ1n) is 11.5. The maximum Gasteiger partial charge on any atom is 0.317 e. The van der Waals surface area contributed by atoms with Crippen LogP contribution in [-0.4, -0.2) is 66.3 Å². The topological polar surface area (TPSA) is 44.8 Å². The molecule has 156 valence electrons. The average Bonchev–Trinajstić information content (AvgIpc) is 2.69. The second-order valence-corrected chi connectivity index (χ2v) is 9.14. The van der Waals surface area contributed by atoms with Crippen molar-refractivity contribution in [3.8, 4) is 0 Å². The number of likely N-dealkylation sites (tertiary alicyclic amines) is 1. The first kappa shape index (κ1) is 20.9. The van der Waals surface area contributed by atoms with Gasteiger partial charge in [0.15, 0.2) is 0 Å². The molecule has 0 bridgehead atoms. The third kappa shape index (κ3) is 5.60. The number of ether oxygens (including phenoxy) is 1. The number of nitrogens with zero attached hydrogens (tertiary/aromatic N) is 2. The van der Waals surface area contributed by atoms with Gasteiger partial charge in [0, 0.05) is 38.3 Å². The molecule has 3 rings (SSSR count). The van der Waals surface area contributed by atoms with Gasteiger partial charge in [0.2, 0.25) is 0 Å². The summed E-state index contributed by atoms with van der Waals surface area (Å²) in [5.74, 6) is 0. The molecule has 0 unspecified atom stereocenters. The molecule has 0 atom stereocenters. The fraction of sp³-hybridized carbons (Fsp3) is 0.955. The van der Waals surface area contributed by atoms with E-state index in [4.69, 9.17) is 4.74 Å². The Morgan fingerprint density at radius 3 is 2.07 bits per heavy atom. The number of amides is 2. The zero-order valence-electron chi connectivity index (χ0n) is 17.8. The highest BCUT2D eigenvalue weighted by Crippen LogP contribution is 2.31. The number of piperidine rings is 1. The lowest BCUT2D eigenvalue weighted by Gasteiger charge is -2.46. The predicted octanol–water partition coefficient (Wildman–Crippen LogP) is 4.16. The van der Waals surface area contributed by atoms with E-state index in [1.54, 1.807) is 7.05 Å². The fourth-order valence-electron chi connectivity index (χ4n) is 5.58. The minimum atomic E-state index is 0.145. The van der Waals surface area contributed by atoms with Gasteiger partial charge in [0.1, 0.15) is 0 Å². The summed E-state index contributed by atoms with van der Waals surface area (Å²) in [6.45, 7) is 6.57. The largest absolute Gasteiger partial charge is 0.376 e. The van der Waals surface area contributed by atoms with Crippen LogP contribution in [0.3, 0.4) is 0 Å². The van der Waals surface area contributed by atoms with Crippen molar-refractivity contribution in [3.05, 3.63) is 0 Å². The van der Waals surface area contributed by atoms with Gasteiger partial charge in [0.05, 0.1) is 12.2 Å². The summed E-state index contributed by atoms with van der Waals surface area (Å²) in [4.78, 5) is 17.5. The normalized spacial score (nSPS) is 29.0. The number of rotatable bonds is 5. The van der Waals surface area contributed by atoms with Crippen molar-refractivity contribution in [2.45, 2.75) is 115 Å². The SMILES string of the molecule is CNC(=O)N(C1CCCCC1)C1CCN(C2CCC(OC(C)C)CC2)CC1. The standard InChI is InChI=1S/C22H41N3O2/c1-17(2)27-21-11-9-18(10-12-21)24-15-13-20(14-16-24)25(22(26)23-3)19-7-5-4-6-8-19/h17-21H,4-16H2,1-3H3,(H,23,26). The van der Waals surface area contributed by atoms with Gasteiger partial charge >= 0.3 is 6.03 Å². The van der Waals surface area contributed by atoms with Crippen LogP contribution in [0.15, 0.2) is 0 Å². The molecule has 1 N–H and O–H groups in total.